The topological polar surface area (TPSA) is 94.6 Å². The Balaban J connectivity index is 2.21. The molecule has 0 saturated heterocycles. The molecule has 0 bridgehead atoms. The number of carbonyl (C=O) groups is 1. The van der Waals surface area contributed by atoms with Crippen LogP contribution in [0, 0.1) is 11.3 Å². The number of benzene rings is 1. The van der Waals surface area contributed by atoms with Gasteiger partial charge in [0.2, 0.25) is 5.88 Å². The molecule has 1 heterocycles. The first kappa shape index (κ1) is 18.3. The van der Waals surface area contributed by atoms with Gasteiger partial charge >= 0.3 is 0 Å². The van der Waals surface area contributed by atoms with Crippen LogP contribution in [0.2, 0.25) is 0 Å². The molecule has 3 rings (SSSR count). The van der Waals surface area contributed by atoms with Crippen molar-refractivity contribution in [2.75, 3.05) is 13.7 Å². The summed E-state index contributed by atoms with van der Waals surface area (Å²) in [5.41, 5.74) is 7.44. The maximum Gasteiger partial charge on any atom is 0.205 e. The van der Waals surface area contributed by atoms with Gasteiger partial charge in [-0.3, -0.25) is 4.79 Å². The number of carbonyl (C=O) groups excluding carboxylic acids is 1. The quantitative estimate of drug-likeness (QED) is 0.801. The lowest BCUT2D eigenvalue weighted by Gasteiger charge is -2.31. The van der Waals surface area contributed by atoms with Crippen LogP contribution in [0.15, 0.2) is 39.4 Å². The third kappa shape index (κ3) is 3.06. The van der Waals surface area contributed by atoms with E-state index in [1.165, 1.54) is 0 Å². The standard InChI is InChI=1S/C19H19BrN2O4/c1-3-25-16-8-12(20)10(7-15(16)24-2)17-11(9-21)19(22)26-14-6-4-5-13(23)18(14)17/h7-8,17H,3-6,22H2,1-2H3/t17-/m1/s1. The zero-order valence-electron chi connectivity index (χ0n) is 14.6. The number of ether oxygens (including phenoxy) is 3. The molecular weight excluding hydrogens is 400 g/mol. The first-order valence-electron chi connectivity index (χ1n) is 8.35. The van der Waals surface area contributed by atoms with E-state index >= 15 is 0 Å². The summed E-state index contributed by atoms with van der Waals surface area (Å²) in [7, 11) is 1.55. The number of Topliss-reactive ketones (excluding diaryl/α,β-unsaturated/α-hetero) is 1. The highest BCUT2D eigenvalue weighted by Crippen LogP contribution is 2.47. The summed E-state index contributed by atoms with van der Waals surface area (Å²) in [5.74, 6) is 1.11. The third-order valence-electron chi connectivity index (χ3n) is 4.50. The molecule has 7 heteroatoms. The molecule has 1 aromatic rings. The van der Waals surface area contributed by atoms with Crippen molar-refractivity contribution in [3.63, 3.8) is 0 Å². The van der Waals surface area contributed by atoms with E-state index in [2.05, 4.69) is 22.0 Å². The minimum atomic E-state index is -0.587. The number of methoxy groups -OCH3 is 1. The molecule has 0 saturated carbocycles. The van der Waals surface area contributed by atoms with Crippen molar-refractivity contribution in [1.29, 1.82) is 5.26 Å². The van der Waals surface area contributed by atoms with E-state index in [1.807, 2.05) is 6.92 Å². The summed E-state index contributed by atoms with van der Waals surface area (Å²) in [6.07, 6.45) is 1.78. The van der Waals surface area contributed by atoms with Crippen LogP contribution in [0.5, 0.6) is 11.5 Å². The largest absolute Gasteiger partial charge is 0.493 e. The second kappa shape index (κ2) is 7.42. The Bertz CT molecular complexity index is 867. The summed E-state index contributed by atoms with van der Waals surface area (Å²) in [4.78, 5) is 12.6. The van der Waals surface area contributed by atoms with Crippen LogP contribution in [0.4, 0.5) is 0 Å². The Hall–Kier alpha value is -2.46. The van der Waals surface area contributed by atoms with Crippen molar-refractivity contribution in [3.05, 3.63) is 45.0 Å². The van der Waals surface area contributed by atoms with E-state index in [9.17, 15) is 10.1 Å². The number of nitrogens with two attached hydrogens (primary N) is 1. The maximum absolute atomic E-state index is 12.6. The van der Waals surface area contributed by atoms with Crippen LogP contribution in [-0.2, 0) is 9.53 Å². The number of hydrogen-bond acceptors (Lipinski definition) is 6. The van der Waals surface area contributed by atoms with Gasteiger partial charge in [0.15, 0.2) is 17.3 Å². The van der Waals surface area contributed by atoms with E-state index < -0.39 is 5.92 Å². The Morgan fingerprint density at radius 3 is 2.81 bits per heavy atom. The van der Waals surface area contributed by atoms with Gasteiger partial charge in [0.1, 0.15) is 17.4 Å². The lowest BCUT2D eigenvalue weighted by Crippen LogP contribution is -2.27. The molecule has 1 atom stereocenters. The lowest BCUT2D eigenvalue weighted by atomic mass is 9.77. The van der Waals surface area contributed by atoms with Crippen molar-refractivity contribution < 1.29 is 19.0 Å². The fraction of sp³-hybridized carbons (Fsp3) is 0.368. The zero-order valence-corrected chi connectivity index (χ0v) is 16.2. The number of halogens is 1. The minimum absolute atomic E-state index is 0.0174. The molecule has 1 aromatic carbocycles. The van der Waals surface area contributed by atoms with Crippen LogP contribution in [0.3, 0.4) is 0 Å². The third-order valence-corrected chi connectivity index (χ3v) is 5.19. The Labute approximate surface area is 160 Å². The number of ketones is 1. The Morgan fingerprint density at radius 1 is 1.38 bits per heavy atom. The van der Waals surface area contributed by atoms with Crippen molar-refractivity contribution in [2.24, 2.45) is 5.73 Å². The fourth-order valence-corrected chi connectivity index (χ4v) is 3.92. The smallest absolute Gasteiger partial charge is 0.205 e. The van der Waals surface area contributed by atoms with Gasteiger partial charge < -0.3 is 19.9 Å². The number of nitriles is 1. The number of rotatable bonds is 4. The molecule has 136 valence electrons. The normalized spacial score (nSPS) is 19.6. The Kier molecular flexibility index (Phi) is 5.23. The molecule has 0 unspecified atom stereocenters. The van der Waals surface area contributed by atoms with Crippen molar-refractivity contribution >= 4 is 21.7 Å². The molecular formula is C19H19BrN2O4. The molecule has 2 N–H and O–H groups in total. The molecule has 6 nitrogen and oxygen atoms in total. The summed E-state index contributed by atoms with van der Waals surface area (Å²) in [6.45, 7) is 2.37. The van der Waals surface area contributed by atoms with Crippen molar-refractivity contribution in [3.8, 4) is 17.6 Å². The van der Waals surface area contributed by atoms with E-state index in [-0.39, 0.29) is 17.2 Å². The molecule has 0 radical (unpaired) electrons. The first-order valence-corrected chi connectivity index (χ1v) is 9.15. The summed E-state index contributed by atoms with van der Waals surface area (Å²) in [5, 5.41) is 9.65. The maximum atomic E-state index is 12.6. The van der Waals surface area contributed by atoms with Gasteiger partial charge in [0.05, 0.1) is 19.6 Å². The van der Waals surface area contributed by atoms with E-state index in [0.29, 0.717) is 53.2 Å². The summed E-state index contributed by atoms with van der Waals surface area (Å²) < 4.78 is 17.3. The van der Waals surface area contributed by atoms with Gasteiger partial charge in [-0.15, -0.1) is 0 Å². The molecule has 2 aliphatic rings. The average Bonchev–Trinajstić information content (AvgIpc) is 2.61. The second-order valence-corrected chi connectivity index (χ2v) is 6.85. The van der Waals surface area contributed by atoms with Gasteiger partial charge in [-0.25, -0.2) is 0 Å². The SMILES string of the molecule is CCOc1cc(Br)c([C@@H]2C(C#N)=C(N)OC3=C2C(=O)CCC3)cc1OC. The number of hydrogen-bond donors (Lipinski definition) is 1. The number of allylic oxidation sites excluding steroid dienone is 3. The highest BCUT2D eigenvalue weighted by atomic mass is 79.9. The monoisotopic (exact) mass is 418 g/mol. The van der Waals surface area contributed by atoms with Gasteiger partial charge in [-0.2, -0.15) is 5.26 Å². The van der Waals surface area contributed by atoms with Crippen molar-refractivity contribution in [1.82, 2.24) is 0 Å². The lowest BCUT2D eigenvalue weighted by molar-refractivity contribution is -0.116. The second-order valence-electron chi connectivity index (χ2n) is 6.00. The molecule has 26 heavy (non-hydrogen) atoms. The molecule has 1 aliphatic carbocycles. The van der Waals surface area contributed by atoms with E-state index in [0.717, 1.165) is 5.56 Å². The highest BCUT2D eigenvalue weighted by Gasteiger charge is 2.39. The molecule has 0 spiro atoms. The van der Waals surface area contributed by atoms with Gasteiger partial charge in [-0.1, -0.05) is 15.9 Å². The van der Waals surface area contributed by atoms with Crippen LogP contribution in [0.1, 0.15) is 37.7 Å². The minimum Gasteiger partial charge on any atom is -0.493 e. The predicted octanol–water partition coefficient (Wildman–Crippen LogP) is 3.67. The molecule has 1 aliphatic heterocycles. The van der Waals surface area contributed by atoms with E-state index in [4.69, 9.17) is 19.9 Å². The first-order chi connectivity index (χ1) is 12.5. The van der Waals surface area contributed by atoms with Gasteiger partial charge in [-0.05, 0) is 31.0 Å². The van der Waals surface area contributed by atoms with Crippen LogP contribution in [-0.4, -0.2) is 19.5 Å². The molecule has 0 aromatic heterocycles. The molecule has 0 fully saturated rings. The van der Waals surface area contributed by atoms with Crippen LogP contribution in [0.25, 0.3) is 0 Å². The van der Waals surface area contributed by atoms with Crippen LogP contribution >= 0.6 is 15.9 Å². The fourth-order valence-electron chi connectivity index (χ4n) is 3.37. The Morgan fingerprint density at radius 2 is 2.15 bits per heavy atom. The zero-order chi connectivity index (χ0) is 18.8. The summed E-state index contributed by atoms with van der Waals surface area (Å²) >= 11 is 3.55. The van der Waals surface area contributed by atoms with E-state index in [1.54, 1.807) is 19.2 Å². The van der Waals surface area contributed by atoms with Gasteiger partial charge in [0, 0.05) is 22.9 Å². The number of nitrogens with zero attached hydrogens (tertiary/aromatic N) is 1. The molecule has 0 amide bonds. The average molecular weight is 419 g/mol. The highest BCUT2D eigenvalue weighted by molar-refractivity contribution is 9.10. The van der Waals surface area contributed by atoms with Crippen LogP contribution < -0.4 is 15.2 Å². The van der Waals surface area contributed by atoms with Crippen molar-refractivity contribution in [2.45, 2.75) is 32.1 Å². The predicted molar refractivity (Wildman–Crippen MR) is 98.4 cm³/mol. The van der Waals surface area contributed by atoms with Gasteiger partial charge in [0.25, 0.3) is 0 Å². The summed E-state index contributed by atoms with van der Waals surface area (Å²) in [6, 6.07) is 5.67.